The largest absolute Gasteiger partial charge is 0.342 e. The number of rotatable bonds is 3. The fraction of sp³-hybridized carbons (Fsp3) is 0.300. The number of pyridine rings is 1. The number of H-pyrrole nitrogens is 1. The lowest BCUT2D eigenvalue weighted by molar-refractivity contribution is -0.121. The van der Waals surface area contributed by atoms with Crippen LogP contribution in [0.2, 0.25) is 0 Å². The van der Waals surface area contributed by atoms with E-state index in [1.54, 1.807) is 24.5 Å². The topological polar surface area (TPSA) is 91.0 Å². The van der Waals surface area contributed by atoms with Crippen LogP contribution in [-0.2, 0) is 4.79 Å². The van der Waals surface area contributed by atoms with Crippen molar-refractivity contribution in [1.29, 1.82) is 0 Å². The third-order valence-corrected chi connectivity index (χ3v) is 4.96. The SMILES string of the molecule is Cc1nc2c(C(=O)N3CCC(C(=O)Nc4ccncc4)CC3)cccc2[nH]1. The number of aromatic nitrogens is 3. The van der Waals surface area contributed by atoms with Gasteiger partial charge in [-0.2, -0.15) is 0 Å². The number of piperidine rings is 1. The second kappa shape index (κ2) is 7.19. The zero-order valence-electron chi connectivity index (χ0n) is 15.1. The second-order valence-corrected chi connectivity index (χ2v) is 6.82. The number of aromatic amines is 1. The number of hydrogen-bond acceptors (Lipinski definition) is 4. The lowest BCUT2D eigenvalue weighted by Crippen LogP contribution is -2.41. The smallest absolute Gasteiger partial charge is 0.256 e. The Kier molecular flexibility index (Phi) is 4.58. The molecule has 7 heteroatoms. The van der Waals surface area contributed by atoms with Gasteiger partial charge in [-0.05, 0) is 44.0 Å². The van der Waals surface area contributed by atoms with Gasteiger partial charge in [-0.15, -0.1) is 0 Å². The average molecular weight is 363 g/mol. The Morgan fingerprint density at radius 3 is 2.63 bits per heavy atom. The molecule has 1 saturated heterocycles. The van der Waals surface area contributed by atoms with E-state index in [9.17, 15) is 9.59 Å². The van der Waals surface area contributed by atoms with Gasteiger partial charge in [0.25, 0.3) is 5.91 Å². The summed E-state index contributed by atoms with van der Waals surface area (Å²) in [7, 11) is 0. The highest BCUT2D eigenvalue weighted by atomic mass is 16.2. The van der Waals surface area contributed by atoms with Crippen LogP contribution in [0.3, 0.4) is 0 Å². The van der Waals surface area contributed by atoms with Gasteiger partial charge in [-0.25, -0.2) is 4.98 Å². The molecule has 2 N–H and O–H groups in total. The number of carbonyl (C=O) groups is 2. The molecule has 0 saturated carbocycles. The molecule has 1 aromatic carbocycles. The molecule has 1 aliphatic heterocycles. The third kappa shape index (κ3) is 3.53. The molecule has 7 nitrogen and oxygen atoms in total. The van der Waals surface area contributed by atoms with Gasteiger partial charge in [-0.3, -0.25) is 14.6 Å². The van der Waals surface area contributed by atoms with Gasteiger partial charge in [0.15, 0.2) is 0 Å². The monoisotopic (exact) mass is 363 g/mol. The number of fused-ring (bicyclic) bond motifs is 1. The third-order valence-electron chi connectivity index (χ3n) is 4.96. The van der Waals surface area contributed by atoms with Crippen molar-refractivity contribution in [2.24, 2.45) is 5.92 Å². The number of benzene rings is 1. The standard InChI is InChI=1S/C20H21N5O2/c1-13-22-17-4-2-3-16(18(17)23-13)20(27)25-11-7-14(8-12-25)19(26)24-15-5-9-21-10-6-15/h2-6,9-10,14H,7-8,11-12H2,1H3,(H,22,23)(H,21,24,26). The Labute approximate surface area is 156 Å². The highest BCUT2D eigenvalue weighted by molar-refractivity contribution is 6.05. The zero-order chi connectivity index (χ0) is 18.8. The van der Waals surface area contributed by atoms with Gasteiger partial charge in [0.05, 0.1) is 11.1 Å². The minimum absolute atomic E-state index is 0.00155. The summed E-state index contributed by atoms with van der Waals surface area (Å²) in [5, 5.41) is 2.92. The van der Waals surface area contributed by atoms with E-state index in [0.717, 1.165) is 17.0 Å². The van der Waals surface area contributed by atoms with Crippen molar-refractivity contribution in [3.05, 3.63) is 54.1 Å². The van der Waals surface area contributed by atoms with Crippen molar-refractivity contribution in [2.45, 2.75) is 19.8 Å². The summed E-state index contributed by atoms with van der Waals surface area (Å²) in [6.45, 7) is 3.00. The van der Waals surface area contributed by atoms with E-state index in [-0.39, 0.29) is 17.7 Å². The fourth-order valence-electron chi connectivity index (χ4n) is 3.52. The minimum atomic E-state index is -0.0920. The van der Waals surface area contributed by atoms with E-state index >= 15 is 0 Å². The number of nitrogens with zero attached hydrogens (tertiary/aromatic N) is 3. The lowest BCUT2D eigenvalue weighted by Gasteiger charge is -2.31. The van der Waals surface area contributed by atoms with E-state index in [2.05, 4.69) is 20.3 Å². The molecule has 0 unspecified atom stereocenters. The van der Waals surface area contributed by atoms with Crippen molar-refractivity contribution in [2.75, 3.05) is 18.4 Å². The number of aryl methyl sites for hydroxylation is 1. The molecule has 1 aliphatic rings. The van der Waals surface area contributed by atoms with E-state index in [4.69, 9.17) is 0 Å². The number of carbonyl (C=O) groups excluding carboxylic acids is 2. The Bertz CT molecular complexity index is 974. The maximum atomic E-state index is 13.0. The molecule has 0 radical (unpaired) electrons. The van der Waals surface area contributed by atoms with Crippen LogP contribution >= 0.6 is 0 Å². The number of amides is 2. The van der Waals surface area contributed by atoms with Crippen LogP contribution in [0.15, 0.2) is 42.7 Å². The van der Waals surface area contributed by atoms with E-state index < -0.39 is 0 Å². The number of para-hydroxylation sites is 1. The van der Waals surface area contributed by atoms with Crippen molar-refractivity contribution in [3.8, 4) is 0 Å². The molecule has 3 heterocycles. The molecular weight excluding hydrogens is 342 g/mol. The first kappa shape index (κ1) is 17.2. The van der Waals surface area contributed by atoms with Crippen molar-refractivity contribution in [1.82, 2.24) is 19.9 Å². The van der Waals surface area contributed by atoms with Crippen LogP contribution in [-0.4, -0.2) is 44.8 Å². The summed E-state index contributed by atoms with van der Waals surface area (Å²) in [6, 6.07) is 9.13. The van der Waals surface area contributed by atoms with E-state index in [1.165, 1.54) is 0 Å². The Morgan fingerprint density at radius 1 is 1.15 bits per heavy atom. The maximum Gasteiger partial charge on any atom is 0.256 e. The summed E-state index contributed by atoms with van der Waals surface area (Å²) >= 11 is 0. The first-order valence-electron chi connectivity index (χ1n) is 9.07. The Balaban J connectivity index is 1.41. The normalized spacial score (nSPS) is 15.1. The number of likely N-dealkylation sites (tertiary alicyclic amines) is 1. The molecular formula is C20H21N5O2. The van der Waals surface area contributed by atoms with Crippen LogP contribution in [0.1, 0.15) is 29.0 Å². The Hall–Kier alpha value is -3.22. The number of hydrogen-bond donors (Lipinski definition) is 2. The number of nitrogens with one attached hydrogen (secondary N) is 2. The lowest BCUT2D eigenvalue weighted by atomic mass is 9.95. The van der Waals surface area contributed by atoms with Crippen molar-refractivity contribution in [3.63, 3.8) is 0 Å². The van der Waals surface area contributed by atoms with Crippen molar-refractivity contribution >= 4 is 28.5 Å². The van der Waals surface area contributed by atoms with E-state index in [1.807, 2.05) is 30.0 Å². The molecule has 0 aliphatic carbocycles. The highest BCUT2D eigenvalue weighted by Gasteiger charge is 2.28. The molecule has 4 rings (SSSR count). The molecule has 3 aromatic rings. The first-order valence-corrected chi connectivity index (χ1v) is 9.07. The number of anilines is 1. The van der Waals surface area contributed by atoms with Gasteiger partial charge >= 0.3 is 0 Å². The predicted octanol–water partition coefficient (Wildman–Crippen LogP) is 2.76. The van der Waals surface area contributed by atoms with Gasteiger partial charge in [0, 0.05) is 37.1 Å². The summed E-state index contributed by atoms with van der Waals surface area (Å²) in [4.78, 5) is 38.8. The molecule has 0 atom stereocenters. The molecule has 2 aromatic heterocycles. The zero-order valence-corrected chi connectivity index (χ0v) is 15.1. The first-order chi connectivity index (χ1) is 13.1. The summed E-state index contributed by atoms with van der Waals surface area (Å²) in [5.74, 6) is 0.667. The van der Waals surface area contributed by atoms with Crippen LogP contribution in [0, 0.1) is 12.8 Å². The van der Waals surface area contributed by atoms with Crippen LogP contribution in [0.5, 0.6) is 0 Å². The highest BCUT2D eigenvalue weighted by Crippen LogP contribution is 2.23. The molecule has 1 fully saturated rings. The minimum Gasteiger partial charge on any atom is -0.342 e. The second-order valence-electron chi connectivity index (χ2n) is 6.82. The van der Waals surface area contributed by atoms with Crippen LogP contribution in [0.4, 0.5) is 5.69 Å². The molecule has 27 heavy (non-hydrogen) atoms. The van der Waals surface area contributed by atoms with Gasteiger partial charge in [0.2, 0.25) is 5.91 Å². The molecule has 0 bridgehead atoms. The van der Waals surface area contributed by atoms with Crippen LogP contribution in [0.25, 0.3) is 11.0 Å². The maximum absolute atomic E-state index is 13.0. The summed E-state index contributed by atoms with van der Waals surface area (Å²) < 4.78 is 0. The van der Waals surface area contributed by atoms with Gasteiger partial charge in [-0.1, -0.05) is 6.07 Å². The fourth-order valence-corrected chi connectivity index (χ4v) is 3.52. The Morgan fingerprint density at radius 2 is 1.89 bits per heavy atom. The number of imidazole rings is 1. The quantitative estimate of drug-likeness (QED) is 0.749. The van der Waals surface area contributed by atoms with Gasteiger partial charge < -0.3 is 15.2 Å². The molecule has 2 amide bonds. The molecule has 138 valence electrons. The van der Waals surface area contributed by atoms with E-state index in [0.29, 0.717) is 37.0 Å². The van der Waals surface area contributed by atoms with Crippen LogP contribution < -0.4 is 5.32 Å². The molecule has 0 spiro atoms. The van der Waals surface area contributed by atoms with Crippen molar-refractivity contribution < 1.29 is 9.59 Å². The summed E-state index contributed by atoms with van der Waals surface area (Å²) in [5.41, 5.74) is 2.92. The van der Waals surface area contributed by atoms with Gasteiger partial charge in [0.1, 0.15) is 11.3 Å². The summed E-state index contributed by atoms with van der Waals surface area (Å²) in [6.07, 6.45) is 4.60. The predicted molar refractivity (Wildman–Crippen MR) is 102 cm³/mol. The average Bonchev–Trinajstić information content (AvgIpc) is 3.08.